The van der Waals surface area contributed by atoms with E-state index in [1.165, 1.54) is 5.56 Å². The Kier molecular flexibility index (Phi) is 4.43. The van der Waals surface area contributed by atoms with Crippen molar-refractivity contribution in [1.82, 2.24) is 20.1 Å². The van der Waals surface area contributed by atoms with E-state index in [0.717, 1.165) is 43.9 Å². The summed E-state index contributed by atoms with van der Waals surface area (Å²) in [6, 6.07) is 8.21. The molecule has 0 bridgehead atoms. The Morgan fingerprint density at radius 3 is 2.91 bits per heavy atom. The van der Waals surface area contributed by atoms with Gasteiger partial charge in [0, 0.05) is 12.6 Å². The number of hydrogen-bond acceptors (Lipinski definition) is 4. The number of rotatable bonds is 5. The van der Waals surface area contributed by atoms with Crippen molar-refractivity contribution in [3.05, 3.63) is 41.5 Å². The number of aryl methyl sites for hydroxylation is 3. The minimum atomic E-state index is 0.310. The van der Waals surface area contributed by atoms with Gasteiger partial charge in [0.05, 0.1) is 6.04 Å². The fourth-order valence-corrected chi connectivity index (χ4v) is 3.10. The lowest BCUT2D eigenvalue weighted by Gasteiger charge is -2.26. The van der Waals surface area contributed by atoms with Gasteiger partial charge in [-0.05, 0) is 57.2 Å². The second-order valence-corrected chi connectivity index (χ2v) is 6.21. The van der Waals surface area contributed by atoms with Crippen molar-refractivity contribution < 1.29 is 5.11 Å². The van der Waals surface area contributed by atoms with Gasteiger partial charge in [0.2, 0.25) is 0 Å². The van der Waals surface area contributed by atoms with Crippen LogP contribution < -0.4 is 5.32 Å². The number of phenols is 1. The summed E-state index contributed by atoms with van der Waals surface area (Å²) in [7, 11) is 0. The highest BCUT2D eigenvalue weighted by Crippen LogP contribution is 2.24. The molecule has 118 valence electrons. The van der Waals surface area contributed by atoms with E-state index < -0.39 is 0 Å². The van der Waals surface area contributed by atoms with Crippen LogP contribution in [-0.4, -0.2) is 25.9 Å². The Labute approximate surface area is 131 Å². The summed E-state index contributed by atoms with van der Waals surface area (Å²) >= 11 is 0. The van der Waals surface area contributed by atoms with Crippen LogP contribution in [0.1, 0.15) is 49.4 Å². The molecule has 0 spiro atoms. The molecule has 1 aromatic carbocycles. The molecule has 1 aliphatic heterocycles. The summed E-state index contributed by atoms with van der Waals surface area (Å²) in [5.41, 5.74) is 1.26. The van der Waals surface area contributed by atoms with Crippen LogP contribution in [-0.2, 0) is 13.0 Å². The van der Waals surface area contributed by atoms with E-state index in [1.54, 1.807) is 12.1 Å². The van der Waals surface area contributed by atoms with E-state index in [1.807, 2.05) is 23.7 Å². The summed E-state index contributed by atoms with van der Waals surface area (Å²) in [6.45, 7) is 5.16. The molecule has 0 aliphatic carbocycles. The van der Waals surface area contributed by atoms with Crippen molar-refractivity contribution in [2.24, 2.45) is 0 Å². The number of fused-ring (bicyclic) bond motifs is 1. The van der Waals surface area contributed by atoms with Crippen LogP contribution in [0.15, 0.2) is 24.3 Å². The number of hydrogen-bond donors (Lipinski definition) is 2. The minimum absolute atomic E-state index is 0.310. The van der Waals surface area contributed by atoms with Crippen LogP contribution in [0.4, 0.5) is 0 Å². The second kappa shape index (κ2) is 6.48. The van der Waals surface area contributed by atoms with Crippen LogP contribution in [0.2, 0.25) is 0 Å². The zero-order valence-electron chi connectivity index (χ0n) is 13.3. The molecule has 2 aromatic rings. The van der Waals surface area contributed by atoms with E-state index >= 15 is 0 Å². The van der Waals surface area contributed by atoms with Crippen LogP contribution in [0.25, 0.3) is 0 Å². The molecule has 0 radical (unpaired) electrons. The first-order valence-corrected chi connectivity index (χ1v) is 8.07. The molecule has 1 aromatic heterocycles. The lowest BCUT2D eigenvalue weighted by molar-refractivity contribution is 0.335. The van der Waals surface area contributed by atoms with Gasteiger partial charge < -0.3 is 10.4 Å². The number of nitrogens with one attached hydrogen (secondary N) is 1. The maximum absolute atomic E-state index is 9.32. The van der Waals surface area contributed by atoms with Crippen LogP contribution >= 0.6 is 0 Å². The number of benzene rings is 1. The molecule has 0 fully saturated rings. The minimum Gasteiger partial charge on any atom is -0.508 e. The van der Waals surface area contributed by atoms with Crippen molar-refractivity contribution in [1.29, 1.82) is 0 Å². The molecule has 3 rings (SSSR count). The average molecular weight is 300 g/mol. The number of aromatic hydroxyl groups is 1. The quantitative estimate of drug-likeness (QED) is 0.891. The first-order valence-electron chi connectivity index (χ1n) is 8.07. The Balaban J connectivity index is 1.56. The van der Waals surface area contributed by atoms with Gasteiger partial charge in [0.15, 0.2) is 0 Å². The third kappa shape index (κ3) is 3.47. The molecule has 2 heterocycles. The molecule has 0 saturated heterocycles. The van der Waals surface area contributed by atoms with Gasteiger partial charge in [0.1, 0.15) is 17.4 Å². The molecular formula is C17H24N4O. The summed E-state index contributed by atoms with van der Waals surface area (Å²) in [6.07, 6.45) is 4.35. The van der Waals surface area contributed by atoms with E-state index in [4.69, 9.17) is 0 Å². The predicted octanol–water partition coefficient (Wildman–Crippen LogP) is 2.74. The zero-order valence-corrected chi connectivity index (χ0v) is 13.3. The second-order valence-electron chi connectivity index (χ2n) is 6.21. The Bertz CT molecular complexity index is 620. The number of aromatic nitrogens is 3. The van der Waals surface area contributed by atoms with Gasteiger partial charge in [-0.3, -0.25) is 0 Å². The molecular weight excluding hydrogens is 276 g/mol. The molecule has 22 heavy (non-hydrogen) atoms. The van der Waals surface area contributed by atoms with E-state index in [-0.39, 0.29) is 0 Å². The predicted molar refractivity (Wildman–Crippen MR) is 85.8 cm³/mol. The van der Waals surface area contributed by atoms with Crippen LogP contribution in [0.5, 0.6) is 5.75 Å². The van der Waals surface area contributed by atoms with Gasteiger partial charge in [-0.1, -0.05) is 12.1 Å². The maximum atomic E-state index is 9.32. The highest BCUT2D eigenvalue weighted by molar-refractivity contribution is 5.25. The monoisotopic (exact) mass is 300 g/mol. The van der Waals surface area contributed by atoms with Gasteiger partial charge in [0.25, 0.3) is 0 Å². The van der Waals surface area contributed by atoms with Crippen molar-refractivity contribution in [3.8, 4) is 5.75 Å². The van der Waals surface area contributed by atoms with Crippen molar-refractivity contribution in [2.75, 3.05) is 0 Å². The molecule has 2 atom stereocenters. The third-order valence-electron chi connectivity index (χ3n) is 4.27. The van der Waals surface area contributed by atoms with Gasteiger partial charge in [-0.15, -0.1) is 0 Å². The number of phenolic OH excluding ortho intramolecular Hbond substituents is 1. The number of nitrogens with zero attached hydrogens (tertiary/aromatic N) is 3. The first-order chi connectivity index (χ1) is 10.6. The Morgan fingerprint density at radius 2 is 2.14 bits per heavy atom. The largest absolute Gasteiger partial charge is 0.508 e. The average Bonchev–Trinajstić information content (AvgIpc) is 2.88. The molecule has 0 unspecified atom stereocenters. The van der Waals surface area contributed by atoms with Crippen LogP contribution in [0, 0.1) is 6.92 Å². The molecule has 1 aliphatic rings. The lowest BCUT2D eigenvalue weighted by Crippen LogP contribution is -2.35. The Hall–Kier alpha value is -1.88. The van der Waals surface area contributed by atoms with Gasteiger partial charge >= 0.3 is 0 Å². The molecule has 0 amide bonds. The molecule has 5 heteroatoms. The van der Waals surface area contributed by atoms with E-state index in [9.17, 15) is 5.11 Å². The fourth-order valence-electron chi connectivity index (χ4n) is 3.10. The fraction of sp³-hybridized carbons (Fsp3) is 0.529. The van der Waals surface area contributed by atoms with Gasteiger partial charge in [-0.25, -0.2) is 9.67 Å². The topological polar surface area (TPSA) is 63.0 Å². The first kappa shape index (κ1) is 15.0. The summed E-state index contributed by atoms with van der Waals surface area (Å²) in [5, 5.41) is 17.5. The molecule has 2 N–H and O–H groups in total. The molecule has 5 nitrogen and oxygen atoms in total. The summed E-state index contributed by atoms with van der Waals surface area (Å²) in [4.78, 5) is 4.58. The SMILES string of the molecule is Cc1nc2n(n1)CCC[C@@H]2N[C@@H](C)CCc1ccc(O)cc1. The third-order valence-corrected chi connectivity index (χ3v) is 4.27. The summed E-state index contributed by atoms with van der Waals surface area (Å²) in [5.74, 6) is 2.27. The lowest BCUT2D eigenvalue weighted by atomic mass is 10.0. The highest BCUT2D eigenvalue weighted by Gasteiger charge is 2.24. The smallest absolute Gasteiger partial charge is 0.147 e. The van der Waals surface area contributed by atoms with E-state index in [0.29, 0.717) is 17.8 Å². The normalized spacial score (nSPS) is 18.9. The zero-order chi connectivity index (χ0) is 15.5. The highest BCUT2D eigenvalue weighted by atomic mass is 16.3. The van der Waals surface area contributed by atoms with Crippen molar-refractivity contribution >= 4 is 0 Å². The molecule has 0 saturated carbocycles. The van der Waals surface area contributed by atoms with E-state index in [2.05, 4.69) is 22.3 Å². The van der Waals surface area contributed by atoms with Gasteiger partial charge in [-0.2, -0.15) is 5.10 Å². The maximum Gasteiger partial charge on any atom is 0.147 e. The standard InChI is InChI=1S/C17H24N4O/c1-12(5-6-14-7-9-15(22)10-8-14)18-16-4-3-11-21-17(16)19-13(2)20-21/h7-10,12,16,18,22H,3-6,11H2,1-2H3/t12-,16-/m0/s1. The summed E-state index contributed by atoms with van der Waals surface area (Å²) < 4.78 is 2.04. The van der Waals surface area contributed by atoms with Crippen molar-refractivity contribution in [2.45, 2.75) is 58.2 Å². The van der Waals surface area contributed by atoms with Crippen molar-refractivity contribution in [3.63, 3.8) is 0 Å². The Morgan fingerprint density at radius 1 is 1.36 bits per heavy atom. The van der Waals surface area contributed by atoms with Crippen LogP contribution in [0.3, 0.4) is 0 Å².